The molecule has 0 spiro atoms. The van der Waals surface area contributed by atoms with Crippen LogP contribution in [0.1, 0.15) is 5.69 Å². The molecule has 2 nitrogen and oxygen atoms in total. The fraction of sp³-hybridized carbons (Fsp3) is 0.250. The zero-order valence-electron chi connectivity index (χ0n) is 8.68. The number of rotatable bonds is 3. The van der Waals surface area contributed by atoms with Gasteiger partial charge in [0.15, 0.2) is 0 Å². The molecule has 1 unspecified atom stereocenters. The first-order valence-corrected chi connectivity index (χ1v) is 6.29. The topological polar surface area (TPSA) is 24.9 Å². The minimum Gasteiger partial charge on any atom is -0.376 e. The smallest absolute Gasteiger partial charge is 0.107 e. The molecule has 1 aromatic rings. The van der Waals surface area contributed by atoms with Crippen LogP contribution in [-0.2, 0) is 5.54 Å². The summed E-state index contributed by atoms with van der Waals surface area (Å²) in [4.78, 5) is 4.43. The maximum Gasteiger partial charge on any atom is 0.107 e. The third-order valence-electron chi connectivity index (χ3n) is 2.42. The molecular weight excluding hydrogens is 204 g/mol. The van der Waals surface area contributed by atoms with Gasteiger partial charge in [0.25, 0.3) is 0 Å². The van der Waals surface area contributed by atoms with E-state index in [4.69, 9.17) is 0 Å². The molecule has 3 heteroatoms. The number of pyridine rings is 1. The van der Waals surface area contributed by atoms with Crippen molar-refractivity contribution in [2.24, 2.45) is 0 Å². The van der Waals surface area contributed by atoms with Crippen molar-refractivity contribution in [3.8, 4) is 0 Å². The van der Waals surface area contributed by atoms with Gasteiger partial charge >= 0.3 is 0 Å². The SMILES string of the molecule is CSCC1(c2ccccn2)C=CC=CN1. The van der Waals surface area contributed by atoms with Gasteiger partial charge in [0.2, 0.25) is 0 Å². The average molecular weight is 218 g/mol. The fourth-order valence-electron chi connectivity index (χ4n) is 1.70. The molecule has 0 aliphatic carbocycles. The molecule has 0 bridgehead atoms. The van der Waals surface area contributed by atoms with E-state index in [0.29, 0.717) is 0 Å². The molecule has 1 atom stereocenters. The third kappa shape index (κ3) is 2.07. The lowest BCUT2D eigenvalue weighted by atomic mass is 9.95. The number of allylic oxidation sites excluding steroid dienone is 2. The van der Waals surface area contributed by atoms with Crippen LogP contribution in [0.5, 0.6) is 0 Å². The quantitative estimate of drug-likeness (QED) is 0.842. The second-order valence-electron chi connectivity index (χ2n) is 3.48. The summed E-state index contributed by atoms with van der Waals surface area (Å²) in [6, 6.07) is 6.03. The summed E-state index contributed by atoms with van der Waals surface area (Å²) < 4.78 is 0. The third-order valence-corrected chi connectivity index (χ3v) is 3.17. The lowest BCUT2D eigenvalue weighted by molar-refractivity contribution is 0.518. The summed E-state index contributed by atoms with van der Waals surface area (Å²) in [7, 11) is 0. The second kappa shape index (κ2) is 4.53. The van der Waals surface area contributed by atoms with Gasteiger partial charge in [0.1, 0.15) is 5.54 Å². The van der Waals surface area contributed by atoms with Gasteiger partial charge in [-0.3, -0.25) is 4.98 Å². The van der Waals surface area contributed by atoms with E-state index in [-0.39, 0.29) is 5.54 Å². The Hall–Kier alpha value is -1.22. The van der Waals surface area contributed by atoms with Crippen LogP contribution in [0, 0.1) is 0 Å². The molecule has 1 aliphatic heterocycles. The molecule has 0 saturated heterocycles. The summed E-state index contributed by atoms with van der Waals surface area (Å²) >= 11 is 1.81. The van der Waals surface area contributed by atoms with Crippen LogP contribution in [0.4, 0.5) is 0 Å². The Morgan fingerprint density at radius 3 is 2.93 bits per heavy atom. The Morgan fingerprint density at radius 2 is 2.33 bits per heavy atom. The van der Waals surface area contributed by atoms with Gasteiger partial charge in [0.05, 0.1) is 5.69 Å². The molecule has 1 aliphatic rings. The zero-order chi connectivity index (χ0) is 10.6. The number of hydrogen-bond donors (Lipinski definition) is 1. The van der Waals surface area contributed by atoms with E-state index < -0.39 is 0 Å². The van der Waals surface area contributed by atoms with Crippen molar-refractivity contribution in [2.45, 2.75) is 5.54 Å². The standard InChI is InChI=1S/C12H14N2S/c1-15-10-12(7-3-5-9-14-12)11-6-2-4-8-13-11/h2-9,14H,10H2,1H3. The minimum atomic E-state index is -0.143. The number of nitrogens with zero attached hydrogens (tertiary/aromatic N) is 1. The van der Waals surface area contributed by atoms with Gasteiger partial charge in [-0.05, 0) is 30.7 Å². The average Bonchev–Trinajstić information content (AvgIpc) is 2.32. The molecule has 0 saturated carbocycles. The summed E-state index contributed by atoms with van der Waals surface area (Å²) in [5.41, 5.74) is 0.926. The largest absolute Gasteiger partial charge is 0.376 e. The molecule has 78 valence electrons. The molecule has 0 radical (unpaired) electrons. The molecule has 0 aromatic carbocycles. The minimum absolute atomic E-state index is 0.143. The first-order valence-electron chi connectivity index (χ1n) is 4.90. The highest BCUT2D eigenvalue weighted by Gasteiger charge is 2.29. The molecule has 1 N–H and O–H groups in total. The first-order chi connectivity index (χ1) is 7.37. The monoisotopic (exact) mass is 218 g/mol. The summed E-state index contributed by atoms with van der Waals surface area (Å²) in [5.74, 6) is 0.977. The molecule has 15 heavy (non-hydrogen) atoms. The highest BCUT2D eigenvalue weighted by Crippen LogP contribution is 2.26. The second-order valence-corrected chi connectivity index (χ2v) is 4.35. The summed E-state index contributed by atoms with van der Waals surface area (Å²) in [6.07, 6.45) is 12.2. The maximum atomic E-state index is 4.43. The van der Waals surface area contributed by atoms with Gasteiger partial charge in [-0.15, -0.1) is 0 Å². The predicted molar refractivity (Wildman–Crippen MR) is 65.7 cm³/mol. The Morgan fingerprint density at radius 1 is 1.40 bits per heavy atom. The van der Waals surface area contributed by atoms with Crippen molar-refractivity contribution in [3.63, 3.8) is 0 Å². The van der Waals surface area contributed by atoms with E-state index in [1.165, 1.54) is 0 Å². The molecule has 2 heterocycles. The van der Waals surface area contributed by atoms with E-state index in [0.717, 1.165) is 11.4 Å². The lowest BCUT2D eigenvalue weighted by Gasteiger charge is -2.31. The molecular formula is C12H14N2S. The van der Waals surface area contributed by atoms with Crippen LogP contribution in [0.25, 0.3) is 0 Å². The maximum absolute atomic E-state index is 4.43. The highest BCUT2D eigenvalue weighted by molar-refractivity contribution is 7.98. The van der Waals surface area contributed by atoms with Crippen molar-refractivity contribution >= 4 is 11.8 Å². The van der Waals surface area contributed by atoms with Crippen LogP contribution in [-0.4, -0.2) is 17.0 Å². The van der Waals surface area contributed by atoms with Gasteiger partial charge in [-0.25, -0.2) is 0 Å². The van der Waals surface area contributed by atoms with Gasteiger partial charge in [0, 0.05) is 11.9 Å². The Labute approximate surface area is 94.5 Å². The number of nitrogens with one attached hydrogen (secondary N) is 1. The van der Waals surface area contributed by atoms with Crippen molar-refractivity contribution in [3.05, 3.63) is 54.5 Å². The van der Waals surface area contributed by atoms with Crippen LogP contribution >= 0.6 is 11.8 Å². The van der Waals surface area contributed by atoms with E-state index >= 15 is 0 Å². The van der Waals surface area contributed by atoms with Crippen LogP contribution < -0.4 is 5.32 Å². The van der Waals surface area contributed by atoms with Gasteiger partial charge in [-0.2, -0.15) is 11.8 Å². The molecule has 2 rings (SSSR count). The Kier molecular flexibility index (Phi) is 3.11. The van der Waals surface area contributed by atoms with E-state index in [9.17, 15) is 0 Å². The summed E-state index contributed by atoms with van der Waals surface area (Å²) in [6.45, 7) is 0. The number of hydrogen-bond acceptors (Lipinski definition) is 3. The van der Waals surface area contributed by atoms with Crippen molar-refractivity contribution in [1.29, 1.82) is 0 Å². The van der Waals surface area contributed by atoms with Crippen molar-refractivity contribution in [1.82, 2.24) is 10.3 Å². The van der Waals surface area contributed by atoms with Gasteiger partial charge < -0.3 is 5.32 Å². The number of thioether (sulfide) groups is 1. The Bertz CT molecular complexity index is 372. The van der Waals surface area contributed by atoms with Crippen molar-refractivity contribution < 1.29 is 0 Å². The van der Waals surface area contributed by atoms with Crippen LogP contribution in [0.15, 0.2) is 48.8 Å². The van der Waals surface area contributed by atoms with Gasteiger partial charge in [-0.1, -0.05) is 18.2 Å². The van der Waals surface area contributed by atoms with E-state index in [1.807, 2.05) is 42.4 Å². The zero-order valence-corrected chi connectivity index (χ0v) is 9.50. The first kappa shape index (κ1) is 10.3. The van der Waals surface area contributed by atoms with Crippen molar-refractivity contribution in [2.75, 3.05) is 12.0 Å². The van der Waals surface area contributed by atoms with E-state index in [1.54, 1.807) is 0 Å². The normalized spacial score (nSPS) is 23.8. The molecule has 0 fully saturated rings. The van der Waals surface area contributed by atoms with Crippen LogP contribution in [0.3, 0.4) is 0 Å². The van der Waals surface area contributed by atoms with Crippen LogP contribution in [0.2, 0.25) is 0 Å². The molecule has 0 amide bonds. The number of aromatic nitrogens is 1. The Balaban J connectivity index is 2.35. The highest BCUT2D eigenvalue weighted by atomic mass is 32.2. The fourth-order valence-corrected chi connectivity index (χ4v) is 2.48. The number of dihydropyridines is 1. The lowest BCUT2D eigenvalue weighted by Crippen LogP contribution is -2.41. The van der Waals surface area contributed by atoms with E-state index in [2.05, 4.69) is 34.8 Å². The summed E-state index contributed by atoms with van der Waals surface area (Å²) in [5, 5.41) is 3.40. The predicted octanol–water partition coefficient (Wildman–Crippen LogP) is 2.31. The molecule has 1 aromatic heterocycles.